The lowest BCUT2D eigenvalue weighted by molar-refractivity contribution is 0.640. The Morgan fingerprint density at radius 3 is 2.62 bits per heavy atom. The fourth-order valence-corrected chi connectivity index (χ4v) is 1.67. The number of fused-ring (bicyclic) bond motifs is 1. The summed E-state index contributed by atoms with van der Waals surface area (Å²) in [5, 5.41) is 1.30. The number of benzene rings is 2. The Balaban J connectivity index is 2.92. The molecule has 2 aromatic rings. The van der Waals surface area contributed by atoms with E-state index in [4.69, 9.17) is 5.73 Å². The molecule has 0 fully saturated rings. The highest BCUT2D eigenvalue weighted by Gasteiger charge is 2.03. The van der Waals surface area contributed by atoms with E-state index in [1.54, 1.807) is 18.2 Å². The van der Waals surface area contributed by atoms with Gasteiger partial charge in [0, 0.05) is 20.9 Å². The first-order valence-electron chi connectivity index (χ1n) is 3.82. The molecule has 0 aromatic heterocycles. The predicted octanol–water partition coefficient (Wildman–Crippen LogP) is 3.32. The molecule has 1 nitrogen and oxygen atoms in total. The minimum Gasteiger partial charge on any atom is -0.398 e. The summed E-state index contributed by atoms with van der Waals surface area (Å²) in [4.78, 5) is 0. The van der Waals surface area contributed by atoms with Crippen LogP contribution in [0.2, 0.25) is 0 Å². The summed E-state index contributed by atoms with van der Waals surface area (Å²) in [7, 11) is 0. The normalized spacial score (nSPS) is 10.6. The maximum absolute atomic E-state index is 13.3. The van der Waals surface area contributed by atoms with Gasteiger partial charge in [-0.05, 0) is 24.3 Å². The van der Waals surface area contributed by atoms with Gasteiger partial charge >= 0.3 is 0 Å². The zero-order valence-corrected chi connectivity index (χ0v) is 8.31. The summed E-state index contributed by atoms with van der Waals surface area (Å²) in [5.74, 6) is -0.245. The van der Waals surface area contributed by atoms with E-state index in [0.717, 1.165) is 9.86 Å². The smallest absolute Gasteiger partial charge is 0.131 e. The van der Waals surface area contributed by atoms with Gasteiger partial charge in [-0.3, -0.25) is 0 Å². The van der Waals surface area contributed by atoms with Gasteiger partial charge in [-0.1, -0.05) is 22.0 Å². The molecule has 0 heterocycles. The van der Waals surface area contributed by atoms with Crippen LogP contribution in [0.15, 0.2) is 34.8 Å². The molecule has 66 valence electrons. The summed E-state index contributed by atoms with van der Waals surface area (Å²) in [6, 6.07) is 8.33. The maximum Gasteiger partial charge on any atom is 0.131 e. The molecule has 3 heteroatoms. The fourth-order valence-electron chi connectivity index (χ4n) is 1.31. The van der Waals surface area contributed by atoms with Crippen LogP contribution in [0.25, 0.3) is 10.8 Å². The second kappa shape index (κ2) is 3.00. The van der Waals surface area contributed by atoms with E-state index in [1.807, 2.05) is 6.07 Å². The van der Waals surface area contributed by atoms with Gasteiger partial charge in [-0.25, -0.2) is 4.39 Å². The van der Waals surface area contributed by atoms with Crippen molar-refractivity contribution in [1.29, 1.82) is 0 Å². The van der Waals surface area contributed by atoms with Gasteiger partial charge < -0.3 is 5.73 Å². The first kappa shape index (κ1) is 8.51. The standard InChI is InChI=1S/C10H7BrFN/c11-6-1-2-7-8(5-6)9(12)3-4-10(7)13/h1-5H,13H2. The van der Waals surface area contributed by atoms with E-state index < -0.39 is 0 Å². The van der Waals surface area contributed by atoms with Crippen LogP contribution >= 0.6 is 15.9 Å². The van der Waals surface area contributed by atoms with E-state index >= 15 is 0 Å². The summed E-state index contributed by atoms with van der Waals surface area (Å²) in [6.07, 6.45) is 0. The minimum atomic E-state index is -0.245. The molecule has 13 heavy (non-hydrogen) atoms. The highest BCUT2D eigenvalue weighted by molar-refractivity contribution is 9.10. The molecule has 0 aliphatic heterocycles. The van der Waals surface area contributed by atoms with E-state index in [-0.39, 0.29) is 5.82 Å². The lowest BCUT2D eigenvalue weighted by Gasteiger charge is -2.03. The van der Waals surface area contributed by atoms with Crippen LogP contribution in [0.1, 0.15) is 0 Å². The average Bonchev–Trinajstić information content (AvgIpc) is 2.12. The Kier molecular flexibility index (Phi) is 1.96. The SMILES string of the molecule is Nc1ccc(F)c2cc(Br)ccc12. The zero-order chi connectivity index (χ0) is 9.42. The number of rotatable bonds is 0. The molecule has 0 radical (unpaired) electrons. The molecule has 0 amide bonds. The van der Waals surface area contributed by atoms with E-state index in [0.29, 0.717) is 11.1 Å². The van der Waals surface area contributed by atoms with E-state index in [2.05, 4.69) is 15.9 Å². The Hall–Kier alpha value is -1.09. The van der Waals surface area contributed by atoms with Crippen LogP contribution in [-0.2, 0) is 0 Å². The first-order valence-corrected chi connectivity index (χ1v) is 4.61. The van der Waals surface area contributed by atoms with Crippen molar-refractivity contribution in [3.63, 3.8) is 0 Å². The van der Waals surface area contributed by atoms with Crippen molar-refractivity contribution in [1.82, 2.24) is 0 Å². The monoisotopic (exact) mass is 239 g/mol. The molecule has 0 unspecified atom stereocenters. The van der Waals surface area contributed by atoms with Gasteiger partial charge in [0.15, 0.2) is 0 Å². The van der Waals surface area contributed by atoms with Gasteiger partial charge in [-0.2, -0.15) is 0 Å². The van der Waals surface area contributed by atoms with Crippen LogP contribution in [0, 0.1) is 5.82 Å². The van der Waals surface area contributed by atoms with Gasteiger partial charge in [0.25, 0.3) is 0 Å². The first-order chi connectivity index (χ1) is 6.18. The van der Waals surface area contributed by atoms with Crippen molar-refractivity contribution in [2.75, 3.05) is 5.73 Å². The molecule has 0 saturated carbocycles. The van der Waals surface area contributed by atoms with Crippen molar-refractivity contribution in [3.8, 4) is 0 Å². The third-order valence-electron chi connectivity index (χ3n) is 1.96. The van der Waals surface area contributed by atoms with Crippen molar-refractivity contribution < 1.29 is 4.39 Å². The predicted molar refractivity (Wildman–Crippen MR) is 56.0 cm³/mol. The van der Waals surface area contributed by atoms with Crippen molar-refractivity contribution in [3.05, 3.63) is 40.6 Å². The number of nitrogens with two attached hydrogens (primary N) is 1. The second-order valence-electron chi connectivity index (χ2n) is 2.83. The van der Waals surface area contributed by atoms with Gasteiger partial charge in [0.2, 0.25) is 0 Å². The minimum absolute atomic E-state index is 0.245. The molecule has 0 saturated heterocycles. The second-order valence-corrected chi connectivity index (χ2v) is 3.74. The molecule has 0 aliphatic carbocycles. The van der Waals surface area contributed by atoms with Crippen molar-refractivity contribution >= 4 is 32.4 Å². The molecule has 0 spiro atoms. The number of nitrogen functional groups attached to an aromatic ring is 1. The lowest BCUT2D eigenvalue weighted by atomic mass is 10.1. The maximum atomic E-state index is 13.3. The Labute approximate surface area is 83.5 Å². The van der Waals surface area contributed by atoms with E-state index in [9.17, 15) is 4.39 Å². The van der Waals surface area contributed by atoms with Crippen molar-refractivity contribution in [2.45, 2.75) is 0 Å². The number of hydrogen-bond acceptors (Lipinski definition) is 1. The topological polar surface area (TPSA) is 26.0 Å². The van der Waals surface area contributed by atoms with Crippen molar-refractivity contribution in [2.24, 2.45) is 0 Å². The summed E-state index contributed by atoms with van der Waals surface area (Å²) >= 11 is 3.28. The van der Waals surface area contributed by atoms with Gasteiger partial charge in [-0.15, -0.1) is 0 Å². The van der Waals surface area contributed by atoms with Crippen LogP contribution in [0.4, 0.5) is 10.1 Å². The third-order valence-corrected chi connectivity index (χ3v) is 2.45. The fraction of sp³-hybridized carbons (Fsp3) is 0. The largest absolute Gasteiger partial charge is 0.398 e. The van der Waals surface area contributed by atoms with Gasteiger partial charge in [0.1, 0.15) is 5.82 Å². The zero-order valence-electron chi connectivity index (χ0n) is 6.72. The van der Waals surface area contributed by atoms with Crippen LogP contribution in [0.3, 0.4) is 0 Å². The quantitative estimate of drug-likeness (QED) is 0.702. The summed E-state index contributed by atoms with van der Waals surface area (Å²) in [5.41, 5.74) is 6.29. The van der Waals surface area contributed by atoms with Crippen LogP contribution < -0.4 is 5.73 Å². The molecular weight excluding hydrogens is 233 g/mol. The Morgan fingerprint density at radius 1 is 1.08 bits per heavy atom. The lowest BCUT2D eigenvalue weighted by Crippen LogP contribution is -1.88. The van der Waals surface area contributed by atoms with Gasteiger partial charge in [0.05, 0.1) is 0 Å². The highest BCUT2D eigenvalue weighted by Crippen LogP contribution is 2.26. The molecule has 2 aromatic carbocycles. The molecule has 0 atom stereocenters. The molecule has 2 N–H and O–H groups in total. The third kappa shape index (κ3) is 1.40. The highest BCUT2D eigenvalue weighted by atomic mass is 79.9. The average molecular weight is 240 g/mol. The Bertz CT molecular complexity index is 468. The molecule has 2 rings (SSSR count). The number of hydrogen-bond donors (Lipinski definition) is 1. The molecule has 0 bridgehead atoms. The Morgan fingerprint density at radius 2 is 1.85 bits per heavy atom. The summed E-state index contributed by atoms with van der Waals surface area (Å²) < 4.78 is 14.1. The molecule has 0 aliphatic rings. The summed E-state index contributed by atoms with van der Waals surface area (Å²) in [6.45, 7) is 0. The molecular formula is C10H7BrFN. The van der Waals surface area contributed by atoms with Crippen LogP contribution in [-0.4, -0.2) is 0 Å². The number of anilines is 1. The number of halogens is 2. The van der Waals surface area contributed by atoms with Crippen LogP contribution in [0.5, 0.6) is 0 Å². The van der Waals surface area contributed by atoms with E-state index in [1.165, 1.54) is 6.07 Å².